The lowest BCUT2D eigenvalue weighted by atomic mass is 10.1. The maximum atomic E-state index is 11.1. The minimum absolute atomic E-state index is 0.0516. The summed E-state index contributed by atoms with van der Waals surface area (Å²) in [5, 5.41) is 0.779. The van der Waals surface area contributed by atoms with E-state index >= 15 is 0 Å². The van der Waals surface area contributed by atoms with Crippen molar-refractivity contribution in [1.29, 1.82) is 0 Å². The summed E-state index contributed by atoms with van der Waals surface area (Å²) in [6.45, 7) is 7.03. The van der Waals surface area contributed by atoms with Crippen LogP contribution in [0.2, 0.25) is 5.02 Å². The molecule has 5 heteroatoms. The molecule has 1 aliphatic heterocycles. The highest BCUT2D eigenvalue weighted by atomic mass is 35.5. The second kappa shape index (κ2) is 10.3. The highest BCUT2D eigenvalue weighted by molar-refractivity contribution is 7.96. The average Bonchev–Trinajstić information content (AvgIpc) is 2.68. The minimum Gasteiger partial charge on any atom is -0.337 e. The Bertz CT molecular complexity index is 685. The molecule has 1 saturated heterocycles. The first kappa shape index (κ1) is 19.6. The van der Waals surface area contributed by atoms with Crippen LogP contribution in [0.1, 0.15) is 0 Å². The van der Waals surface area contributed by atoms with E-state index in [2.05, 4.69) is 35.3 Å². The second-order valence-corrected chi connectivity index (χ2v) is 6.84. The van der Waals surface area contributed by atoms with E-state index in [0.29, 0.717) is 0 Å². The van der Waals surface area contributed by atoms with Gasteiger partial charge in [0.2, 0.25) is 5.91 Å². The van der Waals surface area contributed by atoms with E-state index < -0.39 is 0 Å². The Labute approximate surface area is 159 Å². The van der Waals surface area contributed by atoms with Crippen molar-refractivity contribution in [2.45, 2.75) is 0 Å². The van der Waals surface area contributed by atoms with Crippen LogP contribution in [0.25, 0.3) is 11.1 Å². The normalized spacial score (nSPS) is 14.4. The predicted octanol–water partition coefficient (Wildman–Crippen LogP) is 4.60. The van der Waals surface area contributed by atoms with E-state index in [4.69, 9.17) is 11.6 Å². The molecule has 1 aliphatic rings. The highest BCUT2D eigenvalue weighted by Crippen LogP contribution is 2.21. The molecule has 0 radical (unpaired) electrons. The third-order valence-electron chi connectivity index (χ3n) is 3.91. The smallest absolute Gasteiger partial charge is 0.246 e. The molecule has 2 aromatic carbocycles. The molecule has 0 aromatic heterocycles. The molecule has 1 amide bonds. The number of nitrogens with zero attached hydrogens (tertiary/aromatic N) is 2. The van der Waals surface area contributed by atoms with Gasteiger partial charge in [-0.05, 0) is 35.6 Å². The summed E-state index contributed by atoms with van der Waals surface area (Å²) in [7, 11) is 0. The van der Waals surface area contributed by atoms with Gasteiger partial charge in [-0.15, -0.1) is 0 Å². The van der Waals surface area contributed by atoms with Gasteiger partial charge < -0.3 is 4.90 Å². The van der Waals surface area contributed by atoms with Crippen LogP contribution < -0.4 is 0 Å². The third kappa shape index (κ3) is 6.24. The van der Waals surface area contributed by atoms with Crippen molar-refractivity contribution in [2.75, 3.05) is 32.4 Å². The van der Waals surface area contributed by atoms with Crippen molar-refractivity contribution in [1.82, 2.24) is 9.21 Å². The lowest BCUT2D eigenvalue weighted by molar-refractivity contribution is -0.127. The molecule has 1 heterocycles. The summed E-state index contributed by atoms with van der Waals surface area (Å²) in [4.78, 5) is 13.0. The SMILES string of the molecule is C=CC(=O)N1CCN(SC)CC1.Clc1cccc(-c2ccccc2)c1. The van der Waals surface area contributed by atoms with Gasteiger partial charge in [0.15, 0.2) is 0 Å². The lowest BCUT2D eigenvalue weighted by Gasteiger charge is -2.32. The Kier molecular flexibility index (Phi) is 8.06. The second-order valence-electron chi connectivity index (χ2n) is 5.52. The van der Waals surface area contributed by atoms with E-state index in [1.54, 1.807) is 11.9 Å². The molecule has 3 nitrogen and oxygen atoms in total. The first-order valence-corrected chi connectivity index (χ1v) is 9.71. The van der Waals surface area contributed by atoms with Crippen LogP contribution in [0.15, 0.2) is 67.3 Å². The molecule has 0 atom stereocenters. The van der Waals surface area contributed by atoms with Gasteiger partial charge in [-0.3, -0.25) is 4.79 Å². The van der Waals surface area contributed by atoms with Crippen molar-refractivity contribution in [3.8, 4) is 11.1 Å². The first-order chi connectivity index (χ1) is 12.1. The van der Waals surface area contributed by atoms with Crippen molar-refractivity contribution in [2.24, 2.45) is 0 Å². The van der Waals surface area contributed by atoms with Crippen LogP contribution in [0.4, 0.5) is 0 Å². The maximum absolute atomic E-state index is 11.1. The minimum atomic E-state index is 0.0516. The Morgan fingerprint density at radius 2 is 1.68 bits per heavy atom. The van der Waals surface area contributed by atoms with Gasteiger partial charge in [0.25, 0.3) is 0 Å². The number of amides is 1. The number of benzene rings is 2. The largest absolute Gasteiger partial charge is 0.337 e. The van der Waals surface area contributed by atoms with Crippen molar-refractivity contribution in [3.05, 3.63) is 72.3 Å². The lowest BCUT2D eigenvalue weighted by Crippen LogP contribution is -2.45. The fourth-order valence-electron chi connectivity index (χ4n) is 2.52. The molecule has 0 aliphatic carbocycles. The van der Waals surface area contributed by atoms with Crippen LogP contribution in [0.5, 0.6) is 0 Å². The number of hydrogen-bond donors (Lipinski definition) is 0. The maximum Gasteiger partial charge on any atom is 0.246 e. The molecule has 0 bridgehead atoms. The summed E-state index contributed by atoms with van der Waals surface area (Å²) >= 11 is 7.63. The summed E-state index contributed by atoms with van der Waals surface area (Å²) < 4.78 is 2.26. The fourth-order valence-corrected chi connectivity index (χ4v) is 3.24. The third-order valence-corrected chi connectivity index (χ3v) is 5.03. The molecular formula is C20H23ClN2OS. The average molecular weight is 375 g/mol. The Morgan fingerprint density at radius 1 is 1.04 bits per heavy atom. The summed E-state index contributed by atoms with van der Waals surface area (Å²) in [5.74, 6) is 0.0516. The molecule has 3 rings (SSSR count). The Balaban J connectivity index is 0.000000181. The fraction of sp³-hybridized carbons (Fsp3) is 0.250. The van der Waals surface area contributed by atoms with E-state index in [1.807, 2.05) is 41.3 Å². The van der Waals surface area contributed by atoms with Crippen LogP contribution >= 0.6 is 23.5 Å². The monoisotopic (exact) mass is 374 g/mol. The molecule has 2 aromatic rings. The zero-order valence-electron chi connectivity index (χ0n) is 14.4. The number of rotatable bonds is 3. The molecule has 1 fully saturated rings. The summed E-state index contributed by atoms with van der Waals surface area (Å²) in [6, 6.07) is 18.1. The van der Waals surface area contributed by atoms with Crippen LogP contribution in [-0.2, 0) is 4.79 Å². The van der Waals surface area contributed by atoms with E-state index in [0.717, 1.165) is 36.8 Å². The van der Waals surface area contributed by atoms with Gasteiger partial charge in [-0.2, -0.15) is 0 Å². The summed E-state index contributed by atoms with van der Waals surface area (Å²) in [6.07, 6.45) is 3.44. The predicted molar refractivity (Wildman–Crippen MR) is 109 cm³/mol. The van der Waals surface area contributed by atoms with Crippen LogP contribution in [-0.4, -0.2) is 47.5 Å². The molecule has 0 spiro atoms. The van der Waals surface area contributed by atoms with Crippen LogP contribution in [0, 0.1) is 0 Å². The van der Waals surface area contributed by atoms with Crippen molar-refractivity contribution >= 4 is 29.5 Å². The topological polar surface area (TPSA) is 23.6 Å². The standard InChI is InChI=1S/C12H9Cl.C8H14N2OS/c13-12-8-4-7-11(9-12)10-5-2-1-3-6-10;1-3-8(11)9-4-6-10(12-2)7-5-9/h1-9H;3H,1,4-7H2,2H3. The van der Waals surface area contributed by atoms with Gasteiger partial charge in [0, 0.05) is 31.2 Å². The van der Waals surface area contributed by atoms with Crippen molar-refractivity contribution < 1.29 is 4.79 Å². The van der Waals surface area contributed by atoms with Gasteiger partial charge in [-0.1, -0.05) is 72.6 Å². The molecule has 0 N–H and O–H groups in total. The van der Waals surface area contributed by atoms with Gasteiger partial charge in [0.1, 0.15) is 0 Å². The molecule has 132 valence electrons. The van der Waals surface area contributed by atoms with Gasteiger partial charge in [-0.25, -0.2) is 4.31 Å². The van der Waals surface area contributed by atoms with E-state index in [-0.39, 0.29) is 5.91 Å². The number of carbonyl (C=O) groups excluding carboxylic acids is 1. The number of halogens is 1. The quantitative estimate of drug-likeness (QED) is 0.579. The van der Waals surface area contributed by atoms with E-state index in [9.17, 15) is 4.79 Å². The number of hydrogen-bond acceptors (Lipinski definition) is 3. The summed E-state index contributed by atoms with van der Waals surface area (Å²) in [5.41, 5.74) is 2.36. The molecule has 0 unspecified atom stereocenters. The number of carbonyl (C=O) groups is 1. The Morgan fingerprint density at radius 3 is 2.24 bits per heavy atom. The number of piperazine rings is 1. The van der Waals surface area contributed by atoms with Crippen molar-refractivity contribution in [3.63, 3.8) is 0 Å². The van der Waals surface area contributed by atoms with Gasteiger partial charge >= 0.3 is 0 Å². The zero-order chi connectivity index (χ0) is 18.1. The first-order valence-electron chi connectivity index (χ1n) is 8.15. The molecular weight excluding hydrogens is 352 g/mol. The van der Waals surface area contributed by atoms with E-state index in [1.165, 1.54) is 11.6 Å². The zero-order valence-corrected chi connectivity index (χ0v) is 16.0. The highest BCUT2D eigenvalue weighted by Gasteiger charge is 2.18. The Hall–Kier alpha value is -1.75. The van der Waals surface area contributed by atoms with Crippen LogP contribution in [0.3, 0.4) is 0 Å². The molecule has 0 saturated carbocycles. The van der Waals surface area contributed by atoms with Gasteiger partial charge in [0.05, 0.1) is 0 Å². The molecule has 25 heavy (non-hydrogen) atoms.